The van der Waals surface area contributed by atoms with Gasteiger partial charge in [-0.05, 0) is 51.0 Å². The zero-order chi connectivity index (χ0) is 21.1. The standard InChI is InChI=1S/C23H22N4O3/c1-14-6-8-16(9-7-14)22(28)27-26-18-4-3-5-19-20(18)15(2)21(30-19)23(29)25-17-10-12-24-13-11-17/h6-13H,3-5H2,1-2H3,(H,27,28)(H,24,25,29)/b26-18+. The molecule has 2 N–H and O–H groups in total. The number of hydrogen-bond acceptors (Lipinski definition) is 5. The minimum Gasteiger partial charge on any atom is -0.455 e. The molecule has 0 saturated carbocycles. The maximum atomic E-state index is 12.7. The molecule has 7 heteroatoms. The predicted molar refractivity (Wildman–Crippen MR) is 114 cm³/mol. The van der Waals surface area contributed by atoms with Crippen molar-refractivity contribution in [3.8, 4) is 0 Å². The monoisotopic (exact) mass is 402 g/mol. The van der Waals surface area contributed by atoms with Crippen molar-refractivity contribution in [1.29, 1.82) is 0 Å². The lowest BCUT2D eigenvalue weighted by Crippen LogP contribution is -2.22. The number of nitrogens with one attached hydrogen (secondary N) is 2. The number of amides is 2. The van der Waals surface area contributed by atoms with Crippen molar-refractivity contribution in [3.63, 3.8) is 0 Å². The highest BCUT2D eigenvalue weighted by molar-refractivity contribution is 6.09. The molecule has 0 unspecified atom stereocenters. The van der Waals surface area contributed by atoms with Crippen molar-refractivity contribution in [2.75, 3.05) is 5.32 Å². The third-order valence-corrected chi connectivity index (χ3v) is 5.08. The Morgan fingerprint density at radius 1 is 1.00 bits per heavy atom. The molecule has 0 fully saturated rings. The average molecular weight is 402 g/mol. The molecule has 0 atom stereocenters. The van der Waals surface area contributed by atoms with E-state index in [1.165, 1.54) is 0 Å². The maximum Gasteiger partial charge on any atom is 0.291 e. The number of pyridine rings is 1. The molecule has 2 amide bonds. The normalized spacial score (nSPS) is 14.3. The summed E-state index contributed by atoms with van der Waals surface area (Å²) in [7, 11) is 0. The first-order valence-electron chi connectivity index (χ1n) is 9.80. The molecule has 0 aliphatic heterocycles. The second-order valence-corrected chi connectivity index (χ2v) is 7.26. The van der Waals surface area contributed by atoms with Crippen LogP contribution in [0.2, 0.25) is 0 Å². The number of carbonyl (C=O) groups is 2. The van der Waals surface area contributed by atoms with Crippen molar-refractivity contribution in [1.82, 2.24) is 10.4 Å². The van der Waals surface area contributed by atoms with Gasteiger partial charge in [-0.1, -0.05) is 17.7 Å². The van der Waals surface area contributed by atoms with E-state index >= 15 is 0 Å². The largest absolute Gasteiger partial charge is 0.455 e. The predicted octanol–water partition coefficient (Wildman–Crippen LogP) is 4.01. The Balaban J connectivity index is 1.56. The molecular weight excluding hydrogens is 380 g/mol. The lowest BCUT2D eigenvalue weighted by atomic mass is 9.93. The minimum atomic E-state index is -0.323. The molecule has 0 spiro atoms. The number of aromatic nitrogens is 1. The molecule has 1 aliphatic rings. The van der Waals surface area contributed by atoms with Crippen molar-refractivity contribution >= 4 is 23.2 Å². The van der Waals surface area contributed by atoms with E-state index in [2.05, 4.69) is 20.8 Å². The van der Waals surface area contributed by atoms with Gasteiger partial charge in [0.2, 0.25) is 0 Å². The fourth-order valence-electron chi connectivity index (χ4n) is 3.51. The zero-order valence-electron chi connectivity index (χ0n) is 16.9. The molecule has 4 rings (SSSR count). The summed E-state index contributed by atoms with van der Waals surface area (Å²) in [6.07, 6.45) is 5.48. The van der Waals surface area contributed by atoms with E-state index < -0.39 is 0 Å². The molecule has 0 bridgehead atoms. The summed E-state index contributed by atoms with van der Waals surface area (Å²) in [5.74, 6) is 0.390. The second-order valence-electron chi connectivity index (χ2n) is 7.26. The van der Waals surface area contributed by atoms with Crippen LogP contribution in [0.1, 0.15) is 56.2 Å². The van der Waals surface area contributed by atoms with Crippen LogP contribution in [0.25, 0.3) is 0 Å². The molecule has 2 aromatic heterocycles. The molecule has 1 aromatic carbocycles. The van der Waals surface area contributed by atoms with Crippen molar-refractivity contribution < 1.29 is 14.0 Å². The van der Waals surface area contributed by atoms with Crippen LogP contribution in [-0.4, -0.2) is 22.5 Å². The molecule has 1 aliphatic carbocycles. The third kappa shape index (κ3) is 4.00. The Kier molecular flexibility index (Phi) is 5.43. The van der Waals surface area contributed by atoms with Gasteiger partial charge in [-0.3, -0.25) is 14.6 Å². The van der Waals surface area contributed by atoms with Crippen molar-refractivity contribution in [2.45, 2.75) is 33.1 Å². The number of fused-ring (bicyclic) bond motifs is 1. The van der Waals surface area contributed by atoms with E-state index in [-0.39, 0.29) is 17.6 Å². The number of rotatable bonds is 4. The number of benzene rings is 1. The number of nitrogens with zero attached hydrogens (tertiary/aromatic N) is 2. The average Bonchev–Trinajstić information content (AvgIpc) is 3.10. The summed E-state index contributed by atoms with van der Waals surface area (Å²) >= 11 is 0. The van der Waals surface area contributed by atoms with Gasteiger partial charge in [0.25, 0.3) is 11.8 Å². The van der Waals surface area contributed by atoms with Crippen molar-refractivity contribution in [3.05, 3.63) is 82.6 Å². The summed E-state index contributed by atoms with van der Waals surface area (Å²) < 4.78 is 5.88. The fourth-order valence-corrected chi connectivity index (χ4v) is 3.51. The van der Waals surface area contributed by atoms with Gasteiger partial charge in [0.15, 0.2) is 5.76 Å². The smallest absolute Gasteiger partial charge is 0.291 e. The fraction of sp³-hybridized carbons (Fsp3) is 0.217. The van der Waals surface area contributed by atoms with Gasteiger partial charge in [0.05, 0.1) is 5.71 Å². The Morgan fingerprint density at radius 2 is 1.73 bits per heavy atom. The number of carbonyl (C=O) groups excluding carboxylic acids is 2. The van der Waals surface area contributed by atoms with Crippen LogP contribution in [0, 0.1) is 13.8 Å². The first-order valence-corrected chi connectivity index (χ1v) is 9.80. The van der Waals surface area contributed by atoms with E-state index in [1.54, 1.807) is 36.7 Å². The zero-order valence-corrected chi connectivity index (χ0v) is 16.9. The molecule has 0 saturated heterocycles. The lowest BCUT2D eigenvalue weighted by Gasteiger charge is -2.13. The second kappa shape index (κ2) is 8.32. The number of furan rings is 1. The first-order chi connectivity index (χ1) is 14.5. The Morgan fingerprint density at radius 3 is 2.47 bits per heavy atom. The van der Waals surface area contributed by atoms with Gasteiger partial charge < -0.3 is 9.73 Å². The van der Waals surface area contributed by atoms with E-state index in [1.807, 2.05) is 26.0 Å². The molecule has 3 aromatic rings. The molecular formula is C23H22N4O3. The van der Waals surface area contributed by atoms with Crippen LogP contribution < -0.4 is 10.7 Å². The third-order valence-electron chi connectivity index (χ3n) is 5.08. The van der Waals surface area contributed by atoms with Gasteiger partial charge in [-0.25, -0.2) is 5.43 Å². The number of hydrazone groups is 1. The van der Waals surface area contributed by atoms with E-state index in [0.717, 1.165) is 41.0 Å². The SMILES string of the molecule is Cc1ccc(C(=O)N/N=C2\CCCc3oc(C(=O)Nc4ccncc4)c(C)c32)cc1. The maximum absolute atomic E-state index is 12.7. The summed E-state index contributed by atoms with van der Waals surface area (Å²) in [6, 6.07) is 10.7. The van der Waals surface area contributed by atoms with Gasteiger partial charge in [0, 0.05) is 41.2 Å². The van der Waals surface area contributed by atoms with Gasteiger partial charge >= 0.3 is 0 Å². The van der Waals surface area contributed by atoms with Crippen LogP contribution in [-0.2, 0) is 6.42 Å². The first kappa shape index (κ1) is 19.6. The lowest BCUT2D eigenvalue weighted by molar-refractivity contribution is 0.0953. The van der Waals surface area contributed by atoms with Gasteiger partial charge in [-0.15, -0.1) is 0 Å². The summed E-state index contributed by atoms with van der Waals surface area (Å²) in [5, 5.41) is 7.17. The highest BCUT2D eigenvalue weighted by atomic mass is 16.4. The summed E-state index contributed by atoms with van der Waals surface area (Å²) in [5.41, 5.74) is 7.16. The van der Waals surface area contributed by atoms with E-state index in [4.69, 9.17) is 4.42 Å². The Labute approximate surface area is 174 Å². The molecule has 2 heterocycles. The van der Waals surface area contributed by atoms with E-state index in [0.29, 0.717) is 17.7 Å². The van der Waals surface area contributed by atoms with E-state index in [9.17, 15) is 9.59 Å². The molecule has 7 nitrogen and oxygen atoms in total. The highest BCUT2D eigenvalue weighted by Gasteiger charge is 2.28. The highest BCUT2D eigenvalue weighted by Crippen LogP contribution is 2.30. The summed E-state index contributed by atoms with van der Waals surface area (Å²) in [6.45, 7) is 3.81. The Hall–Kier alpha value is -3.74. The molecule has 0 radical (unpaired) electrons. The van der Waals surface area contributed by atoms with Crippen LogP contribution in [0.15, 0.2) is 58.3 Å². The van der Waals surface area contributed by atoms with Crippen molar-refractivity contribution in [2.24, 2.45) is 5.10 Å². The topological polar surface area (TPSA) is 96.6 Å². The van der Waals surface area contributed by atoms with Crippen LogP contribution in [0.3, 0.4) is 0 Å². The van der Waals surface area contributed by atoms with Crippen LogP contribution >= 0.6 is 0 Å². The minimum absolute atomic E-state index is 0.260. The van der Waals surface area contributed by atoms with Crippen LogP contribution in [0.5, 0.6) is 0 Å². The van der Waals surface area contributed by atoms with Gasteiger partial charge in [0.1, 0.15) is 5.76 Å². The number of aryl methyl sites for hydroxylation is 2. The Bertz CT molecular complexity index is 1120. The molecule has 30 heavy (non-hydrogen) atoms. The molecule has 152 valence electrons. The quantitative estimate of drug-likeness (QED) is 0.644. The van der Waals surface area contributed by atoms with Gasteiger partial charge in [-0.2, -0.15) is 5.10 Å². The van der Waals surface area contributed by atoms with Crippen LogP contribution in [0.4, 0.5) is 5.69 Å². The summed E-state index contributed by atoms with van der Waals surface area (Å²) in [4.78, 5) is 29.0. The number of hydrogen-bond donors (Lipinski definition) is 2. The number of anilines is 1.